The zero-order chi connectivity index (χ0) is 22.3. The fourth-order valence-electron chi connectivity index (χ4n) is 2.76. The Morgan fingerprint density at radius 2 is 1.80 bits per heavy atom. The van der Waals surface area contributed by atoms with Crippen molar-refractivity contribution in [1.82, 2.24) is 20.9 Å². The lowest BCUT2D eigenvalue weighted by Gasteiger charge is -2.21. The van der Waals surface area contributed by atoms with E-state index < -0.39 is 55.0 Å². The number of aliphatic carboxylic acids is 1. The van der Waals surface area contributed by atoms with Crippen LogP contribution in [0.3, 0.4) is 0 Å². The topological polar surface area (TPSA) is 187 Å². The lowest BCUT2D eigenvalue weighted by atomic mass is 10.0. The number of carboxylic acids is 1. The second-order valence-electron chi connectivity index (χ2n) is 6.77. The molecule has 2 aromatic rings. The van der Waals surface area contributed by atoms with Gasteiger partial charge in [0.05, 0.1) is 19.2 Å². The highest BCUT2D eigenvalue weighted by Crippen LogP contribution is 2.19. The molecule has 3 amide bonds. The van der Waals surface area contributed by atoms with E-state index in [-0.39, 0.29) is 6.42 Å². The standard InChI is InChI=1S/C19H25N5O6/c1-10(20)17(27)22-8-16(26)23-14(18(28)24-15(9-25)19(29)30)6-11-7-21-13-5-3-2-4-12(11)13/h2-5,7,10,14-15,21,25H,6,8-9,20H2,1H3,(H,22,27)(H,23,26)(H,24,28)(H,29,30). The van der Waals surface area contributed by atoms with E-state index in [0.29, 0.717) is 0 Å². The number of carbonyl (C=O) groups excluding carboxylic acids is 3. The molecule has 0 aliphatic rings. The Kier molecular flexibility index (Phi) is 7.90. The van der Waals surface area contributed by atoms with Gasteiger partial charge in [-0.05, 0) is 18.6 Å². The number of fused-ring (bicyclic) bond motifs is 1. The van der Waals surface area contributed by atoms with Crippen molar-refractivity contribution in [2.75, 3.05) is 13.2 Å². The summed E-state index contributed by atoms with van der Waals surface area (Å²) in [5.41, 5.74) is 6.98. The molecule has 1 aromatic heterocycles. The molecule has 162 valence electrons. The molecule has 0 radical (unpaired) electrons. The van der Waals surface area contributed by atoms with Gasteiger partial charge in [-0.25, -0.2) is 4.79 Å². The number of aliphatic hydroxyl groups excluding tert-OH is 1. The number of hydrogen-bond acceptors (Lipinski definition) is 6. The number of aliphatic hydroxyl groups is 1. The first-order valence-electron chi connectivity index (χ1n) is 9.24. The normalized spacial score (nSPS) is 13.8. The number of carbonyl (C=O) groups is 4. The first-order valence-corrected chi connectivity index (χ1v) is 9.24. The van der Waals surface area contributed by atoms with Crippen LogP contribution < -0.4 is 21.7 Å². The largest absolute Gasteiger partial charge is 0.480 e. The molecule has 2 rings (SSSR count). The van der Waals surface area contributed by atoms with Gasteiger partial charge in [0, 0.05) is 23.5 Å². The zero-order valence-electron chi connectivity index (χ0n) is 16.3. The summed E-state index contributed by atoms with van der Waals surface area (Å²) in [6.45, 7) is 0.251. The number of para-hydroxylation sites is 1. The Balaban J connectivity index is 2.16. The molecule has 0 aliphatic heterocycles. The molecule has 1 heterocycles. The van der Waals surface area contributed by atoms with Gasteiger partial charge in [0.15, 0.2) is 0 Å². The van der Waals surface area contributed by atoms with Crippen LogP contribution in [0.4, 0.5) is 0 Å². The van der Waals surface area contributed by atoms with Crippen LogP contribution in [-0.2, 0) is 25.6 Å². The number of aromatic nitrogens is 1. The van der Waals surface area contributed by atoms with E-state index in [1.807, 2.05) is 24.3 Å². The first kappa shape index (κ1) is 22.8. The predicted octanol–water partition coefficient (Wildman–Crippen LogP) is -1.78. The highest BCUT2D eigenvalue weighted by atomic mass is 16.4. The molecule has 8 N–H and O–H groups in total. The van der Waals surface area contributed by atoms with Crippen molar-refractivity contribution in [2.24, 2.45) is 5.73 Å². The predicted molar refractivity (Wildman–Crippen MR) is 107 cm³/mol. The highest BCUT2D eigenvalue weighted by molar-refractivity contribution is 5.93. The van der Waals surface area contributed by atoms with Crippen LogP contribution >= 0.6 is 0 Å². The Bertz CT molecular complexity index is 925. The third-order valence-corrected chi connectivity index (χ3v) is 4.38. The number of nitrogens with one attached hydrogen (secondary N) is 4. The van der Waals surface area contributed by atoms with Crippen molar-refractivity contribution in [3.05, 3.63) is 36.0 Å². The van der Waals surface area contributed by atoms with Gasteiger partial charge in [0.25, 0.3) is 0 Å². The van der Waals surface area contributed by atoms with E-state index in [2.05, 4.69) is 20.9 Å². The summed E-state index contributed by atoms with van der Waals surface area (Å²) in [7, 11) is 0. The first-order chi connectivity index (χ1) is 14.2. The van der Waals surface area contributed by atoms with Gasteiger partial charge in [0.2, 0.25) is 17.7 Å². The minimum absolute atomic E-state index is 0.0561. The lowest BCUT2D eigenvalue weighted by Crippen LogP contribution is -2.55. The van der Waals surface area contributed by atoms with Crippen LogP contribution in [0.5, 0.6) is 0 Å². The molecular weight excluding hydrogens is 394 g/mol. The summed E-state index contributed by atoms with van der Waals surface area (Å²) in [6, 6.07) is 3.90. The third-order valence-electron chi connectivity index (χ3n) is 4.38. The number of nitrogens with two attached hydrogens (primary N) is 1. The Morgan fingerprint density at radius 3 is 2.43 bits per heavy atom. The average Bonchev–Trinajstić information content (AvgIpc) is 3.12. The molecular formula is C19H25N5O6. The summed E-state index contributed by atoms with van der Waals surface area (Å²) in [4.78, 5) is 50.6. The summed E-state index contributed by atoms with van der Waals surface area (Å²) in [5, 5.41) is 26.1. The maximum Gasteiger partial charge on any atom is 0.328 e. The van der Waals surface area contributed by atoms with Crippen molar-refractivity contribution in [1.29, 1.82) is 0 Å². The molecule has 30 heavy (non-hydrogen) atoms. The van der Waals surface area contributed by atoms with Gasteiger partial charge in [-0.15, -0.1) is 0 Å². The van der Waals surface area contributed by atoms with E-state index in [0.717, 1.165) is 16.5 Å². The number of H-pyrrole nitrogens is 1. The molecule has 3 atom stereocenters. The number of rotatable bonds is 10. The van der Waals surface area contributed by atoms with E-state index in [1.54, 1.807) is 6.20 Å². The Morgan fingerprint density at radius 1 is 1.10 bits per heavy atom. The number of hydrogen-bond donors (Lipinski definition) is 7. The van der Waals surface area contributed by atoms with E-state index in [9.17, 15) is 19.2 Å². The van der Waals surface area contributed by atoms with Crippen molar-refractivity contribution >= 4 is 34.6 Å². The van der Waals surface area contributed by atoms with Gasteiger partial charge in [-0.2, -0.15) is 0 Å². The van der Waals surface area contributed by atoms with Crippen LogP contribution in [0.15, 0.2) is 30.5 Å². The summed E-state index contributed by atoms with van der Waals surface area (Å²) in [6.07, 6.45) is 1.75. The van der Waals surface area contributed by atoms with Crippen LogP contribution in [0.2, 0.25) is 0 Å². The molecule has 0 saturated carbocycles. The quantitative estimate of drug-likeness (QED) is 0.237. The molecule has 0 aliphatic carbocycles. The fourth-order valence-corrected chi connectivity index (χ4v) is 2.76. The zero-order valence-corrected chi connectivity index (χ0v) is 16.3. The van der Waals surface area contributed by atoms with E-state index >= 15 is 0 Å². The Labute approximate surface area is 172 Å². The molecule has 11 heteroatoms. The third kappa shape index (κ3) is 6.03. The molecule has 11 nitrogen and oxygen atoms in total. The maximum absolute atomic E-state index is 12.6. The van der Waals surface area contributed by atoms with E-state index in [1.165, 1.54) is 6.92 Å². The van der Waals surface area contributed by atoms with Gasteiger partial charge in [-0.3, -0.25) is 14.4 Å². The van der Waals surface area contributed by atoms with Crippen LogP contribution in [0.25, 0.3) is 10.9 Å². The second-order valence-corrected chi connectivity index (χ2v) is 6.77. The summed E-state index contributed by atoms with van der Waals surface area (Å²) < 4.78 is 0. The molecule has 0 bridgehead atoms. The van der Waals surface area contributed by atoms with Crippen molar-refractivity contribution in [3.8, 4) is 0 Å². The van der Waals surface area contributed by atoms with Gasteiger partial charge in [-0.1, -0.05) is 18.2 Å². The number of carboxylic acid groups (broad SMARTS) is 1. The van der Waals surface area contributed by atoms with Crippen LogP contribution in [0, 0.1) is 0 Å². The molecule has 1 aromatic carbocycles. The number of amides is 3. The maximum atomic E-state index is 12.6. The summed E-state index contributed by atoms with van der Waals surface area (Å²) >= 11 is 0. The monoisotopic (exact) mass is 419 g/mol. The minimum Gasteiger partial charge on any atom is -0.480 e. The van der Waals surface area contributed by atoms with Crippen molar-refractivity contribution < 1.29 is 29.4 Å². The van der Waals surface area contributed by atoms with Crippen molar-refractivity contribution in [3.63, 3.8) is 0 Å². The SMILES string of the molecule is CC(N)C(=O)NCC(=O)NC(Cc1c[nH]c2ccccc12)C(=O)NC(CO)C(=O)O. The molecule has 0 saturated heterocycles. The lowest BCUT2D eigenvalue weighted by molar-refractivity contribution is -0.143. The van der Waals surface area contributed by atoms with Gasteiger partial charge < -0.3 is 36.9 Å². The van der Waals surface area contributed by atoms with Gasteiger partial charge >= 0.3 is 5.97 Å². The second kappa shape index (κ2) is 10.4. The summed E-state index contributed by atoms with van der Waals surface area (Å²) in [5.74, 6) is -3.38. The van der Waals surface area contributed by atoms with E-state index in [4.69, 9.17) is 15.9 Å². The number of aromatic amines is 1. The van der Waals surface area contributed by atoms with Crippen LogP contribution in [-0.4, -0.2) is 70.2 Å². The smallest absolute Gasteiger partial charge is 0.328 e. The van der Waals surface area contributed by atoms with Crippen LogP contribution in [0.1, 0.15) is 12.5 Å². The van der Waals surface area contributed by atoms with Crippen molar-refractivity contribution in [2.45, 2.75) is 31.5 Å². The fraction of sp³-hybridized carbons (Fsp3) is 0.368. The molecule has 0 fully saturated rings. The van der Waals surface area contributed by atoms with Gasteiger partial charge in [0.1, 0.15) is 12.1 Å². The number of benzene rings is 1. The average molecular weight is 419 g/mol. The highest BCUT2D eigenvalue weighted by Gasteiger charge is 2.27. The molecule has 0 spiro atoms. The Hall–Kier alpha value is -3.44. The minimum atomic E-state index is -1.52. The molecule has 3 unspecified atom stereocenters.